The molecule has 0 aliphatic heterocycles. The largest absolute Gasteiger partial charge is 0.236 e. The van der Waals surface area contributed by atoms with Crippen LogP contribution in [0.1, 0.15) is 48.3 Å². The molecule has 1 fully saturated rings. The summed E-state index contributed by atoms with van der Waals surface area (Å²) in [7, 11) is 0. The van der Waals surface area contributed by atoms with E-state index in [1.54, 1.807) is 6.33 Å². The average Bonchev–Trinajstić information content (AvgIpc) is 3.07. The SMILES string of the molecule is Cc1cc(C)cc(-c2ncnc3ccc(C4CCCC4)cc23)c1. The third-order valence-electron chi connectivity index (χ3n) is 4.98. The van der Waals surface area contributed by atoms with Gasteiger partial charge in [-0.05, 0) is 62.4 Å². The molecular weight excluding hydrogens is 280 g/mol. The van der Waals surface area contributed by atoms with Crippen LogP contribution >= 0.6 is 0 Å². The summed E-state index contributed by atoms with van der Waals surface area (Å²) >= 11 is 0. The third kappa shape index (κ3) is 2.74. The molecule has 23 heavy (non-hydrogen) atoms. The van der Waals surface area contributed by atoms with E-state index >= 15 is 0 Å². The van der Waals surface area contributed by atoms with E-state index in [1.165, 1.54) is 53.3 Å². The second-order valence-corrected chi connectivity index (χ2v) is 6.86. The van der Waals surface area contributed by atoms with E-state index in [-0.39, 0.29) is 0 Å². The zero-order valence-corrected chi connectivity index (χ0v) is 13.8. The second-order valence-electron chi connectivity index (χ2n) is 6.86. The monoisotopic (exact) mass is 302 g/mol. The molecule has 0 N–H and O–H groups in total. The van der Waals surface area contributed by atoms with Gasteiger partial charge < -0.3 is 0 Å². The van der Waals surface area contributed by atoms with E-state index in [1.807, 2.05) is 0 Å². The van der Waals surface area contributed by atoms with Crippen molar-refractivity contribution in [2.75, 3.05) is 0 Å². The normalized spacial score (nSPS) is 15.4. The van der Waals surface area contributed by atoms with Crippen LogP contribution in [0.3, 0.4) is 0 Å². The zero-order chi connectivity index (χ0) is 15.8. The minimum Gasteiger partial charge on any atom is -0.236 e. The van der Waals surface area contributed by atoms with Crippen molar-refractivity contribution in [3.05, 3.63) is 59.4 Å². The zero-order valence-electron chi connectivity index (χ0n) is 13.8. The van der Waals surface area contributed by atoms with Gasteiger partial charge in [0.1, 0.15) is 6.33 Å². The molecule has 1 aliphatic carbocycles. The smallest absolute Gasteiger partial charge is 0.116 e. The summed E-state index contributed by atoms with van der Waals surface area (Å²) in [6.45, 7) is 4.29. The van der Waals surface area contributed by atoms with Crippen LogP contribution in [0.4, 0.5) is 0 Å². The fraction of sp³-hybridized carbons (Fsp3) is 0.333. The number of hydrogen-bond acceptors (Lipinski definition) is 2. The lowest BCUT2D eigenvalue weighted by Gasteiger charge is -2.12. The maximum absolute atomic E-state index is 4.62. The number of benzene rings is 2. The first-order valence-electron chi connectivity index (χ1n) is 8.54. The lowest BCUT2D eigenvalue weighted by molar-refractivity contribution is 0.724. The van der Waals surface area contributed by atoms with Crippen molar-refractivity contribution < 1.29 is 0 Å². The van der Waals surface area contributed by atoms with Gasteiger partial charge in [-0.1, -0.05) is 36.1 Å². The molecule has 4 rings (SSSR count). The van der Waals surface area contributed by atoms with Crippen LogP contribution in [0.5, 0.6) is 0 Å². The summed E-state index contributed by atoms with van der Waals surface area (Å²) in [6.07, 6.45) is 7.04. The third-order valence-corrected chi connectivity index (χ3v) is 4.98. The van der Waals surface area contributed by atoms with Gasteiger partial charge in [-0.2, -0.15) is 0 Å². The molecule has 0 radical (unpaired) electrons. The molecule has 1 saturated carbocycles. The summed E-state index contributed by atoms with van der Waals surface area (Å²) in [5, 5.41) is 1.18. The number of nitrogens with zero attached hydrogens (tertiary/aromatic N) is 2. The quantitative estimate of drug-likeness (QED) is 0.618. The molecule has 0 spiro atoms. The molecule has 3 aromatic rings. The Morgan fingerprint density at radius 3 is 2.35 bits per heavy atom. The van der Waals surface area contributed by atoms with Gasteiger partial charge in [0.05, 0.1) is 11.2 Å². The molecule has 0 atom stereocenters. The molecule has 2 heteroatoms. The lowest BCUT2D eigenvalue weighted by atomic mass is 9.94. The summed E-state index contributed by atoms with van der Waals surface area (Å²) < 4.78 is 0. The van der Waals surface area contributed by atoms with E-state index in [9.17, 15) is 0 Å². The van der Waals surface area contributed by atoms with E-state index in [0.717, 1.165) is 11.2 Å². The van der Waals surface area contributed by atoms with Crippen molar-refractivity contribution in [1.29, 1.82) is 0 Å². The Balaban J connectivity index is 1.89. The van der Waals surface area contributed by atoms with Crippen molar-refractivity contribution in [2.45, 2.75) is 45.4 Å². The fourth-order valence-corrected chi connectivity index (χ4v) is 3.93. The van der Waals surface area contributed by atoms with Crippen molar-refractivity contribution in [2.24, 2.45) is 0 Å². The van der Waals surface area contributed by atoms with Gasteiger partial charge in [-0.3, -0.25) is 0 Å². The number of rotatable bonds is 2. The number of aromatic nitrogens is 2. The molecular formula is C21H22N2. The molecule has 0 amide bonds. The Kier molecular flexibility index (Phi) is 3.60. The fourth-order valence-electron chi connectivity index (χ4n) is 3.93. The van der Waals surface area contributed by atoms with Gasteiger partial charge in [0.2, 0.25) is 0 Å². The summed E-state index contributed by atoms with van der Waals surface area (Å²) in [5.41, 5.74) is 7.30. The summed E-state index contributed by atoms with van der Waals surface area (Å²) in [6, 6.07) is 13.4. The Bertz CT molecular complexity index is 841. The van der Waals surface area contributed by atoms with Crippen LogP contribution in [0, 0.1) is 13.8 Å². The topological polar surface area (TPSA) is 25.8 Å². The molecule has 0 unspecified atom stereocenters. The maximum atomic E-state index is 4.62. The first-order valence-corrected chi connectivity index (χ1v) is 8.54. The molecule has 0 bridgehead atoms. The number of hydrogen-bond donors (Lipinski definition) is 0. The van der Waals surface area contributed by atoms with Crippen LogP contribution in [-0.4, -0.2) is 9.97 Å². The van der Waals surface area contributed by atoms with Gasteiger partial charge in [-0.15, -0.1) is 0 Å². The first-order chi connectivity index (χ1) is 11.2. The highest BCUT2D eigenvalue weighted by molar-refractivity contribution is 5.92. The van der Waals surface area contributed by atoms with E-state index < -0.39 is 0 Å². The van der Waals surface area contributed by atoms with Crippen LogP contribution in [0.25, 0.3) is 22.2 Å². The van der Waals surface area contributed by atoms with E-state index in [2.05, 4.69) is 60.2 Å². The van der Waals surface area contributed by atoms with Gasteiger partial charge in [0.25, 0.3) is 0 Å². The van der Waals surface area contributed by atoms with Gasteiger partial charge in [0.15, 0.2) is 0 Å². The van der Waals surface area contributed by atoms with E-state index in [0.29, 0.717) is 5.92 Å². The summed E-state index contributed by atoms with van der Waals surface area (Å²) in [4.78, 5) is 9.08. The minimum absolute atomic E-state index is 0.715. The van der Waals surface area contributed by atoms with Crippen LogP contribution in [0.2, 0.25) is 0 Å². The van der Waals surface area contributed by atoms with Crippen LogP contribution < -0.4 is 0 Å². The second kappa shape index (κ2) is 5.77. The van der Waals surface area contributed by atoms with Crippen molar-refractivity contribution in [3.63, 3.8) is 0 Å². The Labute approximate surface area is 137 Å². The molecule has 2 nitrogen and oxygen atoms in total. The van der Waals surface area contributed by atoms with Gasteiger partial charge in [-0.25, -0.2) is 9.97 Å². The number of fused-ring (bicyclic) bond motifs is 1. The summed E-state index contributed by atoms with van der Waals surface area (Å²) in [5.74, 6) is 0.715. The van der Waals surface area contributed by atoms with Gasteiger partial charge >= 0.3 is 0 Å². The maximum Gasteiger partial charge on any atom is 0.116 e. The van der Waals surface area contributed by atoms with Crippen molar-refractivity contribution >= 4 is 10.9 Å². The Hall–Kier alpha value is -2.22. The van der Waals surface area contributed by atoms with Gasteiger partial charge in [0, 0.05) is 10.9 Å². The Morgan fingerprint density at radius 1 is 0.870 bits per heavy atom. The van der Waals surface area contributed by atoms with Crippen molar-refractivity contribution in [3.8, 4) is 11.3 Å². The molecule has 1 aliphatic rings. The minimum atomic E-state index is 0.715. The first kappa shape index (κ1) is 14.4. The van der Waals surface area contributed by atoms with Crippen molar-refractivity contribution in [1.82, 2.24) is 9.97 Å². The predicted molar refractivity (Wildman–Crippen MR) is 95.7 cm³/mol. The highest BCUT2D eigenvalue weighted by Gasteiger charge is 2.18. The van der Waals surface area contributed by atoms with Crippen LogP contribution in [0.15, 0.2) is 42.7 Å². The standard InChI is InChI=1S/C21H22N2/c1-14-9-15(2)11-18(10-14)21-19-12-17(16-5-3-4-6-16)7-8-20(19)22-13-23-21/h7-13,16H,3-6H2,1-2H3. The highest BCUT2D eigenvalue weighted by Crippen LogP contribution is 2.36. The van der Waals surface area contributed by atoms with Crippen LogP contribution in [-0.2, 0) is 0 Å². The predicted octanol–water partition coefficient (Wildman–Crippen LogP) is 5.57. The Morgan fingerprint density at radius 2 is 1.61 bits per heavy atom. The van der Waals surface area contributed by atoms with E-state index in [4.69, 9.17) is 0 Å². The molecule has 1 heterocycles. The molecule has 1 aromatic heterocycles. The lowest BCUT2D eigenvalue weighted by Crippen LogP contribution is -1.95. The highest BCUT2D eigenvalue weighted by atomic mass is 14.8. The number of aryl methyl sites for hydroxylation is 2. The molecule has 0 saturated heterocycles. The molecule has 116 valence electrons. The molecule has 2 aromatic carbocycles. The average molecular weight is 302 g/mol.